The van der Waals surface area contributed by atoms with Crippen LogP contribution in [-0.2, 0) is 13.3 Å². The van der Waals surface area contributed by atoms with E-state index in [1.165, 1.54) is 0 Å². The molecule has 0 aromatic rings. The molecule has 6 heteroatoms. The topological polar surface area (TPSA) is 79.7 Å². The molecular formula is C12H30N2O3Si. The Labute approximate surface area is 113 Å². The van der Waals surface area contributed by atoms with Gasteiger partial charge in [0.05, 0.1) is 0 Å². The average molecular weight is 278 g/mol. The fourth-order valence-electron chi connectivity index (χ4n) is 2.15. The number of hydrogen-bond acceptors (Lipinski definition) is 5. The molecular weight excluding hydrogens is 248 g/mol. The Kier molecular flexibility index (Phi) is 10.9. The van der Waals surface area contributed by atoms with E-state index in [4.69, 9.17) is 24.7 Å². The van der Waals surface area contributed by atoms with Crippen molar-refractivity contribution in [3.05, 3.63) is 0 Å². The average Bonchev–Trinajstić information content (AvgIpc) is 2.35. The monoisotopic (exact) mass is 278 g/mol. The summed E-state index contributed by atoms with van der Waals surface area (Å²) in [5, 5.41) is 0. The molecule has 0 spiro atoms. The van der Waals surface area contributed by atoms with E-state index in [9.17, 15) is 0 Å². The van der Waals surface area contributed by atoms with Crippen molar-refractivity contribution in [2.24, 2.45) is 11.5 Å². The highest BCUT2D eigenvalue weighted by Gasteiger charge is 2.48. The van der Waals surface area contributed by atoms with E-state index < -0.39 is 8.80 Å². The van der Waals surface area contributed by atoms with Crippen LogP contribution in [-0.4, -0.2) is 41.7 Å². The van der Waals surface area contributed by atoms with Gasteiger partial charge >= 0.3 is 8.80 Å². The normalized spacial score (nSPS) is 13.8. The molecule has 0 bridgehead atoms. The van der Waals surface area contributed by atoms with Crippen LogP contribution in [0.3, 0.4) is 0 Å². The minimum Gasteiger partial charge on any atom is -0.374 e. The summed E-state index contributed by atoms with van der Waals surface area (Å²) in [4.78, 5) is 0. The minimum absolute atomic E-state index is 0.255. The summed E-state index contributed by atoms with van der Waals surface area (Å²) in [7, 11) is -2.62. The lowest BCUT2D eigenvalue weighted by Gasteiger charge is -2.35. The van der Waals surface area contributed by atoms with Crippen molar-refractivity contribution < 1.29 is 13.3 Å². The van der Waals surface area contributed by atoms with Crippen molar-refractivity contribution in [3.8, 4) is 0 Å². The van der Waals surface area contributed by atoms with Gasteiger partial charge in [-0.15, -0.1) is 0 Å². The van der Waals surface area contributed by atoms with Crippen LogP contribution in [0.25, 0.3) is 0 Å². The van der Waals surface area contributed by atoms with Crippen molar-refractivity contribution in [1.29, 1.82) is 0 Å². The molecule has 0 aromatic heterocycles. The molecule has 0 aliphatic carbocycles. The maximum absolute atomic E-state index is 5.92. The van der Waals surface area contributed by atoms with Crippen molar-refractivity contribution in [1.82, 2.24) is 0 Å². The second-order valence-electron chi connectivity index (χ2n) is 4.11. The first kappa shape index (κ1) is 18.0. The molecule has 0 rings (SSSR count). The zero-order valence-corrected chi connectivity index (χ0v) is 13.1. The zero-order valence-electron chi connectivity index (χ0n) is 12.1. The van der Waals surface area contributed by atoms with Gasteiger partial charge in [0.25, 0.3) is 0 Å². The first-order valence-corrected chi connectivity index (χ1v) is 8.82. The molecule has 1 unspecified atom stereocenters. The first-order chi connectivity index (χ1) is 8.70. The van der Waals surface area contributed by atoms with Crippen molar-refractivity contribution in [2.45, 2.75) is 45.6 Å². The summed E-state index contributed by atoms with van der Waals surface area (Å²) < 4.78 is 17.8. The van der Waals surface area contributed by atoms with E-state index in [1.807, 2.05) is 20.8 Å². The van der Waals surface area contributed by atoms with E-state index >= 15 is 0 Å². The molecule has 0 heterocycles. The SMILES string of the molecule is CCO[Si](OCC)(OCC)C(CCN)CCCN. The van der Waals surface area contributed by atoms with Crippen LogP contribution in [0.1, 0.15) is 40.0 Å². The number of hydrogen-bond donors (Lipinski definition) is 2. The summed E-state index contributed by atoms with van der Waals surface area (Å²) in [6.45, 7) is 9.04. The van der Waals surface area contributed by atoms with Gasteiger partial charge in [-0.05, 0) is 53.1 Å². The molecule has 5 nitrogen and oxygen atoms in total. The molecule has 18 heavy (non-hydrogen) atoms. The van der Waals surface area contributed by atoms with Crippen LogP contribution in [0, 0.1) is 0 Å². The van der Waals surface area contributed by atoms with E-state index in [0.717, 1.165) is 19.3 Å². The predicted molar refractivity (Wildman–Crippen MR) is 76.3 cm³/mol. The quantitative estimate of drug-likeness (QED) is 0.529. The first-order valence-electron chi connectivity index (χ1n) is 7.02. The van der Waals surface area contributed by atoms with Gasteiger partial charge in [-0.25, -0.2) is 0 Å². The van der Waals surface area contributed by atoms with Gasteiger partial charge in [0.1, 0.15) is 0 Å². The van der Waals surface area contributed by atoms with Gasteiger partial charge in [-0.2, -0.15) is 0 Å². The molecule has 4 N–H and O–H groups in total. The second kappa shape index (κ2) is 10.9. The van der Waals surface area contributed by atoms with Gasteiger partial charge in [-0.1, -0.05) is 0 Å². The Morgan fingerprint density at radius 3 is 1.67 bits per heavy atom. The third kappa shape index (κ3) is 5.77. The summed E-state index contributed by atoms with van der Waals surface area (Å²) in [6.07, 6.45) is 2.78. The van der Waals surface area contributed by atoms with Gasteiger partial charge < -0.3 is 24.7 Å². The highest BCUT2D eigenvalue weighted by Crippen LogP contribution is 2.33. The molecule has 1 atom stereocenters. The van der Waals surface area contributed by atoms with Gasteiger partial charge in [0, 0.05) is 25.4 Å². The van der Waals surface area contributed by atoms with Crippen LogP contribution in [0.5, 0.6) is 0 Å². The highest BCUT2D eigenvalue weighted by molar-refractivity contribution is 6.62. The van der Waals surface area contributed by atoms with Crippen molar-refractivity contribution >= 4 is 8.80 Å². The zero-order chi connectivity index (χ0) is 13.9. The van der Waals surface area contributed by atoms with E-state index in [-0.39, 0.29) is 5.54 Å². The fraction of sp³-hybridized carbons (Fsp3) is 1.00. The Morgan fingerprint density at radius 1 is 0.833 bits per heavy atom. The van der Waals surface area contributed by atoms with Gasteiger partial charge in [-0.3, -0.25) is 0 Å². The lowest BCUT2D eigenvalue weighted by Crippen LogP contribution is -2.51. The molecule has 0 aliphatic rings. The largest absolute Gasteiger partial charge is 0.504 e. The maximum atomic E-state index is 5.92. The van der Waals surface area contributed by atoms with Crippen LogP contribution in [0.4, 0.5) is 0 Å². The molecule has 0 radical (unpaired) electrons. The van der Waals surface area contributed by atoms with Crippen LogP contribution < -0.4 is 11.5 Å². The summed E-state index contributed by atoms with van der Waals surface area (Å²) >= 11 is 0. The third-order valence-electron chi connectivity index (χ3n) is 2.81. The molecule has 110 valence electrons. The Balaban J connectivity index is 4.88. The Morgan fingerprint density at radius 2 is 1.33 bits per heavy atom. The van der Waals surface area contributed by atoms with E-state index in [2.05, 4.69) is 0 Å². The Bertz CT molecular complexity index is 179. The van der Waals surface area contributed by atoms with Crippen LogP contribution in [0.2, 0.25) is 5.54 Å². The summed E-state index contributed by atoms with van der Waals surface area (Å²) in [5.41, 5.74) is 11.6. The van der Waals surface area contributed by atoms with E-state index in [1.54, 1.807) is 0 Å². The molecule has 0 aromatic carbocycles. The van der Waals surface area contributed by atoms with Gasteiger partial charge in [0.2, 0.25) is 0 Å². The number of nitrogens with two attached hydrogens (primary N) is 2. The van der Waals surface area contributed by atoms with Gasteiger partial charge in [0.15, 0.2) is 0 Å². The lowest BCUT2D eigenvalue weighted by atomic mass is 10.2. The van der Waals surface area contributed by atoms with Crippen molar-refractivity contribution in [3.63, 3.8) is 0 Å². The lowest BCUT2D eigenvalue weighted by molar-refractivity contribution is 0.0587. The highest BCUT2D eigenvalue weighted by atomic mass is 28.4. The minimum atomic E-state index is -2.62. The number of rotatable bonds is 12. The van der Waals surface area contributed by atoms with Crippen LogP contribution >= 0.6 is 0 Å². The predicted octanol–water partition coefficient (Wildman–Crippen LogP) is 1.49. The molecule has 0 fully saturated rings. The molecule has 0 aliphatic heterocycles. The fourth-order valence-corrected chi connectivity index (χ4v) is 5.39. The smallest absolute Gasteiger partial charge is 0.374 e. The third-order valence-corrected chi connectivity index (χ3v) is 6.46. The second-order valence-corrected chi connectivity index (χ2v) is 7.00. The maximum Gasteiger partial charge on any atom is 0.504 e. The molecule has 0 saturated carbocycles. The van der Waals surface area contributed by atoms with E-state index in [0.29, 0.717) is 32.9 Å². The molecule has 0 amide bonds. The standard InChI is InChI=1S/C12H30N2O3Si/c1-4-15-18(16-5-2,17-6-3)12(9-11-14)8-7-10-13/h12H,4-11,13-14H2,1-3H3. The van der Waals surface area contributed by atoms with Crippen molar-refractivity contribution in [2.75, 3.05) is 32.9 Å². The summed E-state index contributed by atoms with van der Waals surface area (Å²) in [5.74, 6) is 0. The van der Waals surface area contributed by atoms with Crippen LogP contribution in [0.15, 0.2) is 0 Å². The Hall–Kier alpha value is 0.0169. The molecule has 0 saturated heterocycles. The summed E-state index contributed by atoms with van der Waals surface area (Å²) in [6, 6.07) is 0.